The Labute approximate surface area is 222 Å². The van der Waals surface area contributed by atoms with Gasteiger partial charge in [-0.2, -0.15) is 0 Å². The van der Waals surface area contributed by atoms with Gasteiger partial charge in [-0.05, 0) is 37.6 Å². The number of phenols is 1. The Morgan fingerprint density at radius 1 is 1.10 bits per heavy atom. The third-order valence-corrected chi connectivity index (χ3v) is 7.67. The van der Waals surface area contributed by atoms with Crippen LogP contribution in [0.5, 0.6) is 11.5 Å². The summed E-state index contributed by atoms with van der Waals surface area (Å²) in [5.74, 6) is -2.05. The Kier molecular flexibility index (Phi) is 5.99. The van der Waals surface area contributed by atoms with Crippen LogP contribution in [0.1, 0.15) is 63.4 Å². The molecular weight excluding hydrogens is 510 g/mol. The van der Waals surface area contributed by atoms with Gasteiger partial charge in [0.2, 0.25) is 18.3 Å². The molecule has 0 spiro atoms. The summed E-state index contributed by atoms with van der Waals surface area (Å²) in [5.41, 5.74) is 0.940. The SMILES string of the molecule is Cc1cc(O)c2c(c1)C1OC(=O)C(CCO)N1C1=C2C(=O)c2cccc(OC3CC(O)C(O)C(C)O3)c2C1=O. The minimum absolute atomic E-state index is 0.0267. The van der Waals surface area contributed by atoms with Crippen LogP contribution in [0.2, 0.25) is 0 Å². The summed E-state index contributed by atoms with van der Waals surface area (Å²) in [6.07, 6.45) is -5.15. The van der Waals surface area contributed by atoms with E-state index in [-0.39, 0.29) is 58.9 Å². The van der Waals surface area contributed by atoms with Crippen LogP contribution in [0.4, 0.5) is 0 Å². The number of Topliss-reactive ketones (excluding diaryl/α,β-unsaturated/α-hetero) is 2. The van der Waals surface area contributed by atoms with E-state index in [1.807, 2.05) is 0 Å². The first-order chi connectivity index (χ1) is 18.6. The molecule has 11 nitrogen and oxygen atoms in total. The topological polar surface area (TPSA) is 163 Å². The maximum absolute atomic E-state index is 14.3. The highest BCUT2D eigenvalue weighted by Crippen LogP contribution is 2.52. The van der Waals surface area contributed by atoms with E-state index in [2.05, 4.69) is 0 Å². The molecule has 3 aliphatic heterocycles. The molecule has 0 radical (unpaired) electrons. The van der Waals surface area contributed by atoms with Gasteiger partial charge in [0.1, 0.15) is 29.3 Å². The van der Waals surface area contributed by atoms with Crippen molar-refractivity contribution in [1.29, 1.82) is 0 Å². The van der Waals surface area contributed by atoms with Gasteiger partial charge in [-0.1, -0.05) is 12.1 Å². The molecule has 6 unspecified atom stereocenters. The van der Waals surface area contributed by atoms with Crippen molar-refractivity contribution in [3.05, 3.63) is 63.8 Å². The largest absolute Gasteiger partial charge is 0.507 e. The van der Waals surface area contributed by atoms with Crippen LogP contribution in [-0.2, 0) is 14.3 Å². The minimum atomic E-state index is -1.11. The lowest BCUT2D eigenvalue weighted by atomic mass is 9.78. The standard InChI is InChI=1S/C28H27NO10/c1-11-8-14-20(16(31)9-11)22-23(29-15(6-7-30)28(36)39-27(14)29)26(35)21-13(25(22)34)4-3-5-18(21)38-19-10-17(32)24(33)12(2)37-19/h3-5,8-9,12,15,17,19,24,27,30-33H,6-7,10H2,1-2H3. The number of phenolic OH excluding ortho intramolecular Hbond substituents is 1. The lowest BCUT2D eigenvalue weighted by Crippen LogP contribution is -2.48. The Morgan fingerprint density at radius 2 is 1.87 bits per heavy atom. The number of aliphatic hydroxyl groups excluding tert-OH is 3. The van der Waals surface area contributed by atoms with Gasteiger partial charge in [-0.15, -0.1) is 0 Å². The van der Waals surface area contributed by atoms with E-state index in [0.717, 1.165) is 0 Å². The number of nitrogens with zero attached hydrogens (tertiary/aromatic N) is 1. The van der Waals surface area contributed by atoms with Crippen molar-refractivity contribution < 1.29 is 49.0 Å². The molecule has 0 saturated carbocycles. The van der Waals surface area contributed by atoms with Crippen molar-refractivity contribution in [3.63, 3.8) is 0 Å². The number of carbonyl (C=O) groups is 3. The van der Waals surface area contributed by atoms with Gasteiger partial charge in [-0.25, -0.2) is 4.79 Å². The molecule has 4 N–H and O–H groups in total. The summed E-state index contributed by atoms with van der Waals surface area (Å²) >= 11 is 0. The molecule has 204 valence electrons. The number of fused-ring (bicyclic) bond motifs is 6. The zero-order valence-corrected chi connectivity index (χ0v) is 21.2. The van der Waals surface area contributed by atoms with Crippen LogP contribution in [0, 0.1) is 6.92 Å². The summed E-state index contributed by atoms with van der Waals surface area (Å²) in [6, 6.07) is 6.64. The maximum Gasteiger partial charge on any atom is 0.331 e. The fourth-order valence-corrected chi connectivity index (χ4v) is 5.90. The first-order valence-corrected chi connectivity index (χ1v) is 12.7. The predicted octanol–water partition coefficient (Wildman–Crippen LogP) is 1.35. The molecule has 2 saturated heterocycles. The number of hydrogen-bond donors (Lipinski definition) is 4. The second-order valence-electron chi connectivity index (χ2n) is 10.2. The summed E-state index contributed by atoms with van der Waals surface area (Å²) in [7, 11) is 0. The Bertz CT molecular complexity index is 1440. The van der Waals surface area contributed by atoms with Crippen LogP contribution in [0.3, 0.4) is 0 Å². The monoisotopic (exact) mass is 537 g/mol. The number of allylic oxidation sites excluding steroid dienone is 2. The van der Waals surface area contributed by atoms with Gasteiger partial charge >= 0.3 is 5.97 Å². The smallest absolute Gasteiger partial charge is 0.331 e. The molecule has 1 aliphatic carbocycles. The number of carbonyl (C=O) groups excluding carboxylic acids is 3. The van der Waals surface area contributed by atoms with Crippen molar-refractivity contribution in [3.8, 4) is 11.5 Å². The Hall–Kier alpha value is -3.77. The number of aromatic hydroxyl groups is 1. The predicted molar refractivity (Wildman–Crippen MR) is 133 cm³/mol. The van der Waals surface area contributed by atoms with Crippen molar-refractivity contribution >= 4 is 23.1 Å². The highest BCUT2D eigenvalue weighted by atomic mass is 16.7. The van der Waals surface area contributed by atoms with Crippen LogP contribution < -0.4 is 4.74 Å². The Balaban J connectivity index is 1.51. The highest BCUT2D eigenvalue weighted by Gasteiger charge is 2.53. The van der Waals surface area contributed by atoms with E-state index in [1.165, 1.54) is 23.1 Å². The third kappa shape index (κ3) is 3.76. The highest BCUT2D eigenvalue weighted by molar-refractivity contribution is 6.41. The second kappa shape index (κ2) is 9.16. The zero-order valence-electron chi connectivity index (χ0n) is 21.2. The van der Waals surface area contributed by atoms with Crippen LogP contribution >= 0.6 is 0 Å². The van der Waals surface area contributed by atoms with Crippen molar-refractivity contribution in [2.75, 3.05) is 6.61 Å². The van der Waals surface area contributed by atoms with Crippen LogP contribution in [-0.4, -0.2) is 80.1 Å². The molecule has 4 aliphatic rings. The summed E-state index contributed by atoms with van der Waals surface area (Å²) in [6.45, 7) is 2.96. The number of hydrogen-bond acceptors (Lipinski definition) is 11. The lowest BCUT2D eigenvalue weighted by Gasteiger charge is -2.39. The van der Waals surface area contributed by atoms with E-state index >= 15 is 0 Å². The van der Waals surface area contributed by atoms with E-state index < -0.39 is 54.4 Å². The average Bonchev–Trinajstić information content (AvgIpc) is 3.21. The average molecular weight is 538 g/mol. The first kappa shape index (κ1) is 25.5. The molecule has 0 aromatic heterocycles. The molecular formula is C28H27NO10. The fraction of sp³-hybridized carbons (Fsp3) is 0.393. The molecule has 0 amide bonds. The van der Waals surface area contributed by atoms with Gasteiger partial charge in [0.15, 0.2) is 5.78 Å². The van der Waals surface area contributed by atoms with E-state index in [1.54, 1.807) is 26.0 Å². The number of aryl methyl sites for hydroxylation is 1. The number of esters is 1. The Morgan fingerprint density at radius 3 is 2.59 bits per heavy atom. The van der Waals surface area contributed by atoms with Crippen molar-refractivity contribution in [2.24, 2.45) is 0 Å². The fourth-order valence-electron chi connectivity index (χ4n) is 5.90. The van der Waals surface area contributed by atoms with Crippen molar-refractivity contribution in [2.45, 2.75) is 63.6 Å². The number of rotatable bonds is 4. The molecule has 0 bridgehead atoms. The summed E-state index contributed by atoms with van der Waals surface area (Å²) < 4.78 is 17.3. The van der Waals surface area contributed by atoms with E-state index in [9.17, 15) is 34.8 Å². The normalized spacial score (nSPS) is 29.5. The molecule has 39 heavy (non-hydrogen) atoms. The number of aliphatic hydroxyl groups is 3. The molecule has 6 rings (SSSR count). The lowest BCUT2D eigenvalue weighted by molar-refractivity contribution is -0.216. The third-order valence-electron chi connectivity index (χ3n) is 7.67. The van der Waals surface area contributed by atoms with E-state index in [0.29, 0.717) is 11.1 Å². The van der Waals surface area contributed by atoms with E-state index in [4.69, 9.17) is 14.2 Å². The van der Waals surface area contributed by atoms with Gasteiger partial charge in [-0.3, -0.25) is 9.59 Å². The molecule has 11 heteroatoms. The van der Waals surface area contributed by atoms with Crippen LogP contribution in [0.25, 0.3) is 5.57 Å². The quantitative estimate of drug-likeness (QED) is 0.416. The minimum Gasteiger partial charge on any atom is -0.507 e. The number of benzene rings is 2. The number of ether oxygens (including phenoxy) is 3. The van der Waals surface area contributed by atoms with Gasteiger partial charge in [0.05, 0.1) is 23.3 Å². The van der Waals surface area contributed by atoms with Crippen LogP contribution in [0.15, 0.2) is 36.0 Å². The van der Waals surface area contributed by atoms with Crippen molar-refractivity contribution in [1.82, 2.24) is 4.90 Å². The van der Waals surface area contributed by atoms with Gasteiger partial charge in [0.25, 0.3) is 0 Å². The second-order valence-corrected chi connectivity index (χ2v) is 10.2. The molecule has 3 heterocycles. The molecule has 2 fully saturated rings. The summed E-state index contributed by atoms with van der Waals surface area (Å²) in [4.78, 5) is 42.6. The molecule has 6 atom stereocenters. The zero-order chi connectivity index (χ0) is 27.7. The number of ketones is 2. The maximum atomic E-state index is 14.3. The first-order valence-electron chi connectivity index (χ1n) is 12.7. The molecule has 2 aromatic carbocycles. The van der Waals surface area contributed by atoms with Gasteiger partial charge in [0, 0.05) is 36.1 Å². The molecule has 2 aromatic rings. The summed E-state index contributed by atoms with van der Waals surface area (Å²) in [5, 5.41) is 40.8. The van der Waals surface area contributed by atoms with Gasteiger partial charge < -0.3 is 39.5 Å².